The summed E-state index contributed by atoms with van der Waals surface area (Å²) in [6.45, 7) is 9.82. The first-order chi connectivity index (χ1) is 15.1. The predicted octanol–water partition coefficient (Wildman–Crippen LogP) is 3.57. The number of carbonyl (C=O) groups is 1. The van der Waals surface area contributed by atoms with Gasteiger partial charge in [0.2, 0.25) is 0 Å². The smallest absolute Gasteiger partial charge is 0.468 e. The molecule has 1 aliphatic rings. The number of esters is 1. The Labute approximate surface area is 188 Å². The molecular formula is C24H28BFO6. The molecule has 0 saturated carbocycles. The number of carbonyl (C=O) groups excluding carboxylic acids is 1. The highest BCUT2D eigenvalue weighted by Gasteiger charge is 2.52. The van der Waals surface area contributed by atoms with Crippen LogP contribution in [0.3, 0.4) is 0 Å². The fraction of sp³-hybridized carbons (Fsp3) is 0.458. The molecule has 0 bridgehead atoms. The van der Waals surface area contributed by atoms with Crippen LogP contribution in [0, 0.1) is 17.7 Å². The molecule has 0 spiro atoms. The fourth-order valence-corrected chi connectivity index (χ4v) is 3.35. The van der Waals surface area contributed by atoms with Gasteiger partial charge in [-0.15, -0.1) is 0 Å². The Hall–Kier alpha value is -2.60. The third kappa shape index (κ3) is 4.91. The maximum atomic E-state index is 14.9. The highest BCUT2D eigenvalue weighted by Crippen LogP contribution is 2.38. The molecule has 2 aromatic rings. The molecule has 32 heavy (non-hydrogen) atoms. The van der Waals surface area contributed by atoms with E-state index in [4.69, 9.17) is 23.5 Å². The molecule has 170 valence electrons. The SMILES string of the molecule is CCOC(=O)CC#Cc1c(F)ccc2cc(OCOC)cc(B3OC(C)(C)C(C)(C)O3)c12. The second kappa shape index (κ2) is 9.49. The van der Waals surface area contributed by atoms with Crippen molar-refractivity contribution in [1.29, 1.82) is 0 Å². The number of ether oxygens (including phenoxy) is 3. The van der Waals surface area contributed by atoms with Gasteiger partial charge in [0.15, 0.2) is 6.79 Å². The van der Waals surface area contributed by atoms with Gasteiger partial charge < -0.3 is 23.5 Å². The van der Waals surface area contributed by atoms with E-state index >= 15 is 0 Å². The lowest BCUT2D eigenvalue weighted by Crippen LogP contribution is -2.41. The second-order valence-electron chi connectivity index (χ2n) is 8.46. The third-order valence-corrected chi connectivity index (χ3v) is 5.67. The van der Waals surface area contributed by atoms with Crippen molar-refractivity contribution in [2.24, 2.45) is 0 Å². The van der Waals surface area contributed by atoms with E-state index in [1.54, 1.807) is 25.1 Å². The van der Waals surface area contributed by atoms with Gasteiger partial charge >= 0.3 is 13.1 Å². The van der Waals surface area contributed by atoms with E-state index in [9.17, 15) is 9.18 Å². The number of rotatable bonds is 6. The third-order valence-electron chi connectivity index (χ3n) is 5.67. The van der Waals surface area contributed by atoms with E-state index in [1.807, 2.05) is 27.7 Å². The first-order valence-electron chi connectivity index (χ1n) is 10.5. The summed E-state index contributed by atoms with van der Waals surface area (Å²) in [5, 5.41) is 1.25. The van der Waals surface area contributed by atoms with Gasteiger partial charge in [-0.05, 0) is 63.7 Å². The van der Waals surface area contributed by atoms with Gasteiger partial charge in [0.25, 0.3) is 0 Å². The minimum absolute atomic E-state index is 0.0573. The number of methoxy groups -OCH3 is 1. The van der Waals surface area contributed by atoms with E-state index < -0.39 is 30.1 Å². The number of hydrogen-bond donors (Lipinski definition) is 0. The number of hydrogen-bond acceptors (Lipinski definition) is 6. The zero-order chi connectivity index (χ0) is 23.5. The maximum absolute atomic E-state index is 14.9. The summed E-state index contributed by atoms with van der Waals surface area (Å²) in [6.07, 6.45) is -0.134. The Morgan fingerprint density at radius 2 is 1.84 bits per heavy atom. The van der Waals surface area contributed by atoms with E-state index in [1.165, 1.54) is 13.2 Å². The molecule has 0 aromatic heterocycles. The molecule has 0 aliphatic carbocycles. The monoisotopic (exact) mass is 442 g/mol. The van der Waals surface area contributed by atoms with Crippen LogP contribution in [0.1, 0.15) is 46.6 Å². The van der Waals surface area contributed by atoms with Crippen LogP contribution < -0.4 is 10.2 Å². The molecule has 0 N–H and O–H groups in total. The van der Waals surface area contributed by atoms with Crippen LogP contribution in [0.25, 0.3) is 10.8 Å². The van der Waals surface area contributed by atoms with Crippen molar-refractivity contribution in [3.8, 4) is 17.6 Å². The van der Waals surface area contributed by atoms with Gasteiger partial charge in [0.05, 0.1) is 23.4 Å². The van der Waals surface area contributed by atoms with Crippen molar-refractivity contribution < 1.29 is 32.7 Å². The summed E-state index contributed by atoms with van der Waals surface area (Å²) >= 11 is 0. The zero-order valence-corrected chi connectivity index (χ0v) is 19.3. The zero-order valence-electron chi connectivity index (χ0n) is 19.3. The summed E-state index contributed by atoms with van der Waals surface area (Å²) in [6, 6.07) is 6.51. The van der Waals surface area contributed by atoms with Gasteiger partial charge in [-0.25, -0.2) is 4.39 Å². The van der Waals surface area contributed by atoms with Crippen LogP contribution in [0.2, 0.25) is 0 Å². The molecule has 0 atom stereocenters. The van der Waals surface area contributed by atoms with Gasteiger partial charge in [0, 0.05) is 12.5 Å². The molecule has 1 fully saturated rings. The van der Waals surface area contributed by atoms with Crippen molar-refractivity contribution in [2.45, 2.75) is 52.2 Å². The van der Waals surface area contributed by atoms with Gasteiger partial charge in [-0.1, -0.05) is 17.9 Å². The molecule has 2 aromatic carbocycles. The van der Waals surface area contributed by atoms with Crippen molar-refractivity contribution in [2.75, 3.05) is 20.5 Å². The molecule has 8 heteroatoms. The summed E-state index contributed by atoms with van der Waals surface area (Å²) in [7, 11) is 0.768. The lowest BCUT2D eigenvalue weighted by Gasteiger charge is -2.32. The molecular weight excluding hydrogens is 414 g/mol. The van der Waals surface area contributed by atoms with Crippen LogP contribution >= 0.6 is 0 Å². The summed E-state index contributed by atoms with van der Waals surface area (Å²) in [4.78, 5) is 11.7. The van der Waals surface area contributed by atoms with Gasteiger partial charge in [-0.2, -0.15) is 0 Å². The summed E-state index contributed by atoms with van der Waals surface area (Å²) in [5.74, 6) is 5.10. The largest absolute Gasteiger partial charge is 0.495 e. The van der Waals surface area contributed by atoms with Crippen LogP contribution in [-0.2, 0) is 23.6 Å². The molecule has 6 nitrogen and oxygen atoms in total. The standard InChI is InChI=1S/C24H28BFO6/c1-7-29-21(27)10-8-9-18-20(26)12-11-16-13-17(30-15-28-6)14-19(22(16)18)25-31-23(2,3)24(4,5)32-25/h11-14H,7,10,15H2,1-6H3. The summed E-state index contributed by atoms with van der Waals surface area (Å²) < 4.78 is 42.9. The lowest BCUT2D eigenvalue weighted by molar-refractivity contribution is -0.141. The van der Waals surface area contributed by atoms with Crippen molar-refractivity contribution in [3.63, 3.8) is 0 Å². The molecule has 0 unspecified atom stereocenters. The normalized spacial score (nSPS) is 16.5. The van der Waals surface area contributed by atoms with Crippen LogP contribution in [0.5, 0.6) is 5.75 Å². The molecule has 1 saturated heterocycles. The van der Waals surface area contributed by atoms with Crippen LogP contribution in [-0.4, -0.2) is 44.8 Å². The van der Waals surface area contributed by atoms with E-state index in [-0.39, 0.29) is 25.4 Å². The second-order valence-corrected chi connectivity index (χ2v) is 8.46. The first kappa shape index (κ1) is 24.1. The Morgan fingerprint density at radius 1 is 1.16 bits per heavy atom. The highest BCUT2D eigenvalue weighted by molar-refractivity contribution is 6.65. The van der Waals surface area contributed by atoms with Crippen molar-refractivity contribution >= 4 is 29.3 Å². The number of benzene rings is 2. The Balaban J connectivity index is 2.15. The van der Waals surface area contributed by atoms with Crippen LogP contribution in [0.4, 0.5) is 4.39 Å². The lowest BCUT2D eigenvalue weighted by atomic mass is 9.74. The van der Waals surface area contributed by atoms with E-state index in [0.29, 0.717) is 22.0 Å². The molecule has 0 radical (unpaired) electrons. The van der Waals surface area contributed by atoms with Gasteiger partial charge in [-0.3, -0.25) is 4.79 Å². The highest BCUT2D eigenvalue weighted by atomic mass is 19.1. The predicted molar refractivity (Wildman–Crippen MR) is 120 cm³/mol. The van der Waals surface area contributed by atoms with Crippen molar-refractivity contribution in [1.82, 2.24) is 0 Å². The first-order valence-corrected chi connectivity index (χ1v) is 10.5. The van der Waals surface area contributed by atoms with Gasteiger partial charge in [0.1, 0.15) is 18.0 Å². The van der Waals surface area contributed by atoms with E-state index in [2.05, 4.69) is 11.8 Å². The fourth-order valence-electron chi connectivity index (χ4n) is 3.35. The quantitative estimate of drug-likeness (QED) is 0.295. The average Bonchev–Trinajstić information content (AvgIpc) is 2.94. The van der Waals surface area contributed by atoms with Crippen LogP contribution in [0.15, 0.2) is 24.3 Å². The Bertz CT molecular complexity index is 1050. The minimum Gasteiger partial charge on any atom is -0.468 e. The molecule has 3 rings (SSSR count). The minimum atomic E-state index is -0.763. The summed E-state index contributed by atoms with van der Waals surface area (Å²) in [5.41, 5.74) is -0.422. The Kier molecular flexibility index (Phi) is 7.14. The Morgan fingerprint density at radius 3 is 2.47 bits per heavy atom. The molecule has 1 heterocycles. The average molecular weight is 442 g/mol. The molecule has 1 aliphatic heterocycles. The topological polar surface area (TPSA) is 63.2 Å². The maximum Gasteiger partial charge on any atom is 0.495 e. The molecule has 0 amide bonds. The van der Waals surface area contributed by atoms with E-state index in [0.717, 1.165) is 0 Å². The number of fused-ring (bicyclic) bond motifs is 1. The number of halogens is 1. The van der Waals surface area contributed by atoms with Crippen molar-refractivity contribution in [3.05, 3.63) is 35.6 Å².